The molecule has 0 saturated heterocycles. The van der Waals surface area contributed by atoms with Crippen LogP contribution in [0.3, 0.4) is 0 Å². The molecule has 0 N–H and O–H groups in total. The van der Waals surface area contributed by atoms with Gasteiger partial charge in [-0.2, -0.15) is 0 Å². The van der Waals surface area contributed by atoms with E-state index < -0.39 is 0 Å². The molecule has 4 aliphatic rings. The molecule has 6 rings (SSSR count). The van der Waals surface area contributed by atoms with E-state index in [0.29, 0.717) is 5.41 Å². The first-order valence-electron chi connectivity index (χ1n) is 9.13. The van der Waals surface area contributed by atoms with E-state index in [-0.39, 0.29) is 0 Å². The van der Waals surface area contributed by atoms with Crippen LogP contribution in [-0.4, -0.2) is 0 Å². The molecule has 4 saturated carbocycles. The molecule has 0 unspecified atom stereocenters. The third-order valence-corrected chi connectivity index (χ3v) is 7.50. The summed E-state index contributed by atoms with van der Waals surface area (Å²) in [6, 6.07) is 20.3. The zero-order valence-corrected chi connectivity index (χ0v) is 14.4. The van der Waals surface area contributed by atoms with Gasteiger partial charge in [-0.15, -0.1) is 0 Å². The molecule has 2 aromatic rings. The van der Waals surface area contributed by atoms with Crippen LogP contribution in [-0.2, 0) is 5.41 Å². The second kappa shape index (κ2) is 5.41. The van der Waals surface area contributed by atoms with E-state index >= 15 is 0 Å². The van der Waals surface area contributed by atoms with Gasteiger partial charge in [0.1, 0.15) is 0 Å². The standard InChI is InChI=1S/C22H24S/c1-2-4-20(5-3-1)23-21-8-6-19(7-9-21)22-13-16-10-17(14-22)12-18(11-16)15-22/h1-9,16-18H,10-15H2. The van der Waals surface area contributed by atoms with Crippen molar-refractivity contribution in [2.45, 2.75) is 53.7 Å². The fraction of sp³-hybridized carbons (Fsp3) is 0.455. The summed E-state index contributed by atoms with van der Waals surface area (Å²) in [5.74, 6) is 3.08. The smallest absolute Gasteiger partial charge is 0.0122 e. The Bertz CT molecular complexity index is 650. The molecule has 0 radical (unpaired) electrons. The highest BCUT2D eigenvalue weighted by Gasteiger charge is 2.51. The van der Waals surface area contributed by atoms with Crippen LogP contribution in [0.5, 0.6) is 0 Å². The molecule has 0 nitrogen and oxygen atoms in total. The Balaban J connectivity index is 1.39. The second-order valence-corrected chi connectivity index (χ2v) is 9.28. The van der Waals surface area contributed by atoms with Gasteiger partial charge in [-0.3, -0.25) is 0 Å². The van der Waals surface area contributed by atoms with Crippen LogP contribution in [0.15, 0.2) is 64.4 Å². The molecule has 4 bridgehead atoms. The second-order valence-electron chi connectivity index (χ2n) is 8.14. The zero-order valence-electron chi connectivity index (χ0n) is 13.6. The van der Waals surface area contributed by atoms with Crippen LogP contribution in [0.4, 0.5) is 0 Å². The van der Waals surface area contributed by atoms with E-state index in [9.17, 15) is 0 Å². The van der Waals surface area contributed by atoms with Crippen LogP contribution >= 0.6 is 11.8 Å². The molecule has 1 heteroatoms. The van der Waals surface area contributed by atoms with Gasteiger partial charge in [-0.25, -0.2) is 0 Å². The average Bonchev–Trinajstić information content (AvgIpc) is 2.55. The van der Waals surface area contributed by atoms with Crippen LogP contribution in [0.25, 0.3) is 0 Å². The summed E-state index contributed by atoms with van der Waals surface area (Å²) < 4.78 is 0. The Morgan fingerprint density at radius 3 is 1.74 bits per heavy atom. The summed E-state index contributed by atoms with van der Waals surface area (Å²) in [7, 11) is 0. The molecule has 4 fully saturated rings. The van der Waals surface area contributed by atoms with Gasteiger partial charge < -0.3 is 0 Å². The Hall–Kier alpha value is -1.21. The van der Waals surface area contributed by atoms with E-state index in [1.165, 1.54) is 48.3 Å². The fourth-order valence-electron chi connectivity index (χ4n) is 5.97. The maximum Gasteiger partial charge on any atom is 0.0122 e. The molecule has 0 amide bonds. The molecule has 0 atom stereocenters. The summed E-state index contributed by atoms with van der Waals surface area (Å²) in [4.78, 5) is 2.69. The maximum atomic E-state index is 2.44. The minimum absolute atomic E-state index is 0.532. The number of hydrogen-bond donors (Lipinski definition) is 0. The molecule has 0 spiro atoms. The van der Waals surface area contributed by atoms with Gasteiger partial charge in [0.05, 0.1) is 0 Å². The molecular formula is C22H24S. The molecule has 0 aliphatic heterocycles. The Labute approximate surface area is 143 Å². The summed E-state index contributed by atoms with van der Waals surface area (Å²) in [5.41, 5.74) is 2.17. The Kier molecular flexibility index (Phi) is 3.33. The highest BCUT2D eigenvalue weighted by atomic mass is 32.2. The number of hydrogen-bond acceptors (Lipinski definition) is 1. The lowest BCUT2D eigenvalue weighted by atomic mass is 9.48. The number of rotatable bonds is 3. The molecule has 0 aromatic heterocycles. The van der Waals surface area contributed by atoms with E-state index in [0.717, 1.165) is 17.8 Å². The van der Waals surface area contributed by atoms with Gasteiger partial charge in [0.15, 0.2) is 0 Å². The zero-order chi connectivity index (χ0) is 15.3. The van der Waals surface area contributed by atoms with Crippen LogP contribution < -0.4 is 0 Å². The highest BCUT2D eigenvalue weighted by Crippen LogP contribution is 2.60. The van der Waals surface area contributed by atoms with E-state index in [4.69, 9.17) is 0 Å². The largest absolute Gasteiger partial charge is 0.0901 e. The topological polar surface area (TPSA) is 0 Å². The minimum atomic E-state index is 0.532. The fourth-order valence-corrected chi connectivity index (χ4v) is 6.80. The average molecular weight is 321 g/mol. The first kappa shape index (κ1) is 14.2. The van der Waals surface area contributed by atoms with Crippen molar-refractivity contribution in [2.24, 2.45) is 17.8 Å². The van der Waals surface area contributed by atoms with Crippen LogP contribution in [0, 0.1) is 17.8 Å². The van der Waals surface area contributed by atoms with Crippen molar-refractivity contribution in [3.05, 3.63) is 60.2 Å². The van der Waals surface area contributed by atoms with Crippen molar-refractivity contribution in [1.29, 1.82) is 0 Å². The van der Waals surface area contributed by atoms with Gasteiger partial charge in [0.25, 0.3) is 0 Å². The van der Waals surface area contributed by atoms with Gasteiger partial charge in [0.2, 0.25) is 0 Å². The third kappa shape index (κ3) is 2.54. The molecule has 4 aliphatic carbocycles. The SMILES string of the molecule is c1ccc(Sc2ccc(C34CC5CC(CC(C5)C3)C4)cc2)cc1. The lowest BCUT2D eigenvalue weighted by Gasteiger charge is -2.57. The van der Waals surface area contributed by atoms with Gasteiger partial charge in [0, 0.05) is 9.79 Å². The maximum absolute atomic E-state index is 2.44. The van der Waals surface area contributed by atoms with Crippen molar-refractivity contribution in [3.8, 4) is 0 Å². The van der Waals surface area contributed by atoms with Crippen molar-refractivity contribution in [2.75, 3.05) is 0 Å². The quantitative estimate of drug-likeness (QED) is 0.639. The predicted octanol–water partition coefficient (Wildman–Crippen LogP) is 6.31. The normalized spacial score (nSPS) is 34.7. The monoisotopic (exact) mass is 320 g/mol. The van der Waals surface area contributed by atoms with Gasteiger partial charge in [-0.1, -0.05) is 42.1 Å². The third-order valence-electron chi connectivity index (χ3n) is 6.48. The Morgan fingerprint density at radius 2 is 1.17 bits per heavy atom. The molecule has 118 valence electrons. The van der Waals surface area contributed by atoms with Gasteiger partial charge in [-0.05, 0) is 91.5 Å². The summed E-state index contributed by atoms with van der Waals surface area (Å²) in [5, 5.41) is 0. The summed E-state index contributed by atoms with van der Waals surface area (Å²) in [6.07, 6.45) is 8.97. The van der Waals surface area contributed by atoms with Crippen molar-refractivity contribution >= 4 is 11.8 Å². The lowest BCUT2D eigenvalue weighted by Crippen LogP contribution is -2.48. The van der Waals surface area contributed by atoms with Crippen molar-refractivity contribution in [1.82, 2.24) is 0 Å². The molecule has 2 aromatic carbocycles. The first-order valence-corrected chi connectivity index (χ1v) is 9.94. The predicted molar refractivity (Wildman–Crippen MR) is 96.9 cm³/mol. The van der Waals surface area contributed by atoms with E-state index in [1.807, 2.05) is 11.8 Å². The van der Waals surface area contributed by atoms with Crippen LogP contribution in [0.2, 0.25) is 0 Å². The molecule has 0 heterocycles. The highest BCUT2D eigenvalue weighted by molar-refractivity contribution is 7.99. The summed E-state index contributed by atoms with van der Waals surface area (Å²) in [6.45, 7) is 0. The number of benzene rings is 2. The Morgan fingerprint density at radius 1 is 0.652 bits per heavy atom. The van der Waals surface area contributed by atoms with Crippen molar-refractivity contribution in [3.63, 3.8) is 0 Å². The van der Waals surface area contributed by atoms with Gasteiger partial charge >= 0.3 is 0 Å². The van der Waals surface area contributed by atoms with Crippen LogP contribution in [0.1, 0.15) is 44.1 Å². The lowest BCUT2D eigenvalue weighted by molar-refractivity contribution is -0.00520. The summed E-state index contributed by atoms with van der Waals surface area (Å²) >= 11 is 1.87. The van der Waals surface area contributed by atoms with E-state index in [2.05, 4.69) is 54.6 Å². The molecular weight excluding hydrogens is 296 g/mol. The minimum Gasteiger partial charge on any atom is -0.0901 e. The van der Waals surface area contributed by atoms with Crippen molar-refractivity contribution < 1.29 is 0 Å². The molecule has 23 heavy (non-hydrogen) atoms. The first-order chi connectivity index (χ1) is 11.3. The van der Waals surface area contributed by atoms with E-state index in [1.54, 1.807) is 5.56 Å².